The summed E-state index contributed by atoms with van der Waals surface area (Å²) >= 11 is 0. The molecule has 2 fully saturated rings. The molecule has 1 saturated carbocycles. The predicted octanol–water partition coefficient (Wildman–Crippen LogP) is 1.08. The van der Waals surface area contributed by atoms with E-state index in [-0.39, 0.29) is 4.90 Å². The fraction of sp³-hybridized carbons (Fsp3) is 0.571. The van der Waals surface area contributed by atoms with E-state index in [1.54, 1.807) is 22.5 Å². The molecule has 2 aliphatic rings. The second-order valence-corrected chi connectivity index (χ2v) is 7.82. The van der Waals surface area contributed by atoms with Crippen LogP contribution >= 0.6 is 0 Å². The van der Waals surface area contributed by atoms with Crippen molar-refractivity contribution < 1.29 is 13.0 Å². The quantitative estimate of drug-likeness (QED) is 0.841. The van der Waals surface area contributed by atoms with E-state index in [4.69, 9.17) is 0 Å². The Kier molecular flexibility index (Phi) is 3.39. The highest BCUT2D eigenvalue weighted by molar-refractivity contribution is 7.89. The van der Waals surface area contributed by atoms with Gasteiger partial charge in [-0.25, -0.2) is 13.0 Å². The van der Waals surface area contributed by atoms with Gasteiger partial charge in [-0.15, -0.1) is 0 Å². The monoisotopic (exact) mass is 322 g/mol. The maximum Gasteiger partial charge on any atom is 0.245 e. The van der Waals surface area contributed by atoms with Crippen molar-refractivity contribution in [3.63, 3.8) is 0 Å². The smallest absolute Gasteiger partial charge is 0.245 e. The first-order valence-corrected chi connectivity index (χ1v) is 9.06. The van der Waals surface area contributed by atoms with E-state index < -0.39 is 10.0 Å². The van der Waals surface area contributed by atoms with Crippen molar-refractivity contribution in [2.75, 3.05) is 26.2 Å². The molecular formula is C14H18N4O3S. The lowest BCUT2D eigenvalue weighted by atomic mass is 9.91. The fourth-order valence-electron chi connectivity index (χ4n) is 3.19. The van der Waals surface area contributed by atoms with Crippen LogP contribution in [0.4, 0.5) is 0 Å². The van der Waals surface area contributed by atoms with Crippen molar-refractivity contribution in [2.24, 2.45) is 0 Å². The summed E-state index contributed by atoms with van der Waals surface area (Å²) < 4.78 is 31.9. The standard InChI is InChI=1S/C14H18N4O3S/c19-22(20,13-6-2-5-12-14(13)16-21-15-12)18-9-7-17(8-10-18)11-3-1-4-11/h2,5-6,11H,1,3-4,7-10H2. The van der Waals surface area contributed by atoms with Crippen LogP contribution in [0.3, 0.4) is 0 Å². The molecule has 1 aliphatic heterocycles. The Morgan fingerprint density at radius 2 is 1.86 bits per heavy atom. The van der Waals surface area contributed by atoms with E-state index in [2.05, 4.69) is 19.8 Å². The van der Waals surface area contributed by atoms with Crippen molar-refractivity contribution in [3.05, 3.63) is 18.2 Å². The Morgan fingerprint density at radius 3 is 2.55 bits per heavy atom. The van der Waals surface area contributed by atoms with Crippen LogP contribution in [-0.4, -0.2) is 60.2 Å². The lowest BCUT2D eigenvalue weighted by Gasteiger charge is -2.42. The molecule has 1 saturated heterocycles. The van der Waals surface area contributed by atoms with Gasteiger partial charge in [0.15, 0.2) is 5.52 Å². The van der Waals surface area contributed by atoms with Gasteiger partial charge in [0.05, 0.1) is 0 Å². The molecule has 22 heavy (non-hydrogen) atoms. The zero-order valence-electron chi connectivity index (χ0n) is 12.2. The summed E-state index contributed by atoms with van der Waals surface area (Å²) in [5.41, 5.74) is 0.776. The van der Waals surface area contributed by atoms with Crippen LogP contribution in [0.15, 0.2) is 27.7 Å². The first kappa shape index (κ1) is 14.1. The van der Waals surface area contributed by atoms with Crippen LogP contribution in [0, 0.1) is 0 Å². The van der Waals surface area contributed by atoms with Gasteiger partial charge in [-0.05, 0) is 35.3 Å². The maximum absolute atomic E-state index is 12.9. The lowest BCUT2D eigenvalue weighted by molar-refractivity contribution is 0.0889. The molecule has 0 atom stereocenters. The third-order valence-corrected chi connectivity index (χ3v) is 6.66. The SMILES string of the molecule is O=S(=O)(c1cccc2nonc12)N1CCN(C2CCC2)CC1. The highest BCUT2D eigenvalue weighted by Crippen LogP contribution is 2.28. The molecular weight excluding hydrogens is 304 g/mol. The number of aromatic nitrogens is 2. The summed E-state index contributed by atoms with van der Waals surface area (Å²) in [4.78, 5) is 2.59. The van der Waals surface area contributed by atoms with Crippen LogP contribution in [0.1, 0.15) is 19.3 Å². The zero-order chi connectivity index (χ0) is 15.2. The number of piperazine rings is 1. The fourth-order valence-corrected chi connectivity index (χ4v) is 4.75. The van der Waals surface area contributed by atoms with Crippen LogP contribution in [0.5, 0.6) is 0 Å². The molecule has 0 spiro atoms. The van der Waals surface area contributed by atoms with Crippen LogP contribution in [0.25, 0.3) is 11.0 Å². The highest BCUT2D eigenvalue weighted by atomic mass is 32.2. The summed E-state index contributed by atoms with van der Waals surface area (Å²) in [7, 11) is -3.55. The summed E-state index contributed by atoms with van der Waals surface area (Å²) in [5.74, 6) is 0. The van der Waals surface area contributed by atoms with Gasteiger partial charge in [0.1, 0.15) is 10.4 Å². The Morgan fingerprint density at radius 1 is 1.09 bits per heavy atom. The minimum absolute atomic E-state index is 0.184. The van der Waals surface area contributed by atoms with Gasteiger partial charge < -0.3 is 0 Å². The molecule has 118 valence electrons. The van der Waals surface area contributed by atoms with Crippen molar-refractivity contribution in [3.8, 4) is 0 Å². The minimum Gasteiger partial charge on any atom is -0.298 e. The summed E-state index contributed by atoms with van der Waals surface area (Å²) in [5, 5.41) is 7.46. The molecule has 1 aromatic heterocycles. The second kappa shape index (κ2) is 5.29. The van der Waals surface area contributed by atoms with Crippen molar-refractivity contribution >= 4 is 21.1 Å². The number of hydrogen-bond acceptors (Lipinski definition) is 6. The number of rotatable bonds is 3. The Bertz CT molecular complexity index is 776. The van der Waals surface area contributed by atoms with Gasteiger partial charge in [-0.2, -0.15) is 4.31 Å². The molecule has 0 unspecified atom stereocenters. The molecule has 0 bridgehead atoms. The maximum atomic E-state index is 12.9. The summed E-state index contributed by atoms with van der Waals surface area (Å²) in [6.07, 6.45) is 3.79. The zero-order valence-corrected chi connectivity index (χ0v) is 13.0. The highest BCUT2D eigenvalue weighted by Gasteiger charge is 2.34. The third kappa shape index (κ3) is 2.22. The molecule has 7 nitrogen and oxygen atoms in total. The Labute approximate surface area is 128 Å². The van der Waals surface area contributed by atoms with Crippen molar-refractivity contribution in [2.45, 2.75) is 30.2 Å². The summed E-state index contributed by atoms with van der Waals surface area (Å²) in [6, 6.07) is 5.59. The first-order valence-electron chi connectivity index (χ1n) is 7.62. The molecule has 8 heteroatoms. The Balaban J connectivity index is 1.57. The molecule has 0 amide bonds. The largest absolute Gasteiger partial charge is 0.298 e. The average Bonchev–Trinajstić information content (AvgIpc) is 2.94. The number of sulfonamides is 1. The number of fused-ring (bicyclic) bond motifs is 1. The number of benzene rings is 1. The molecule has 0 radical (unpaired) electrons. The van der Waals surface area contributed by atoms with E-state index in [0.29, 0.717) is 30.2 Å². The number of nitrogens with zero attached hydrogens (tertiary/aromatic N) is 4. The molecule has 2 heterocycles. The van der Waals surface area contributed by atoms with E-state index in [1.165, 1.54) is 19.3 Å². The average molecular weight is 322 g/mol. The van der Waals surface area contributed by atoms with E-state index >= 15 is 0 Å². The molecule has 0 N–H and O–H groups in total. The lowest BCUT2D eigenvalue weighted by Crippen LogP contribution is -2.53. The van der Waals surface area contributed by atoms with Gasteiger partial charge >= 0.3 is 0 Å². The topological polar surface area (TPSA) is 79.5 Å². The summed E-state index contributed by atoms with van der Waals surface area (Å²) in [6.45, 7) is 2.66. The second-order valence-electron chi connectivity index (χ2n) is 5.91. The normalized spacial score (nSPS) is 22.0. The Hall–Kier alpha value is -1.51. The van der Waals surface area contributed by atoms with Crippen LogP contribution in [-0.2, 0) is 10.0 Å². The third-order valence-electron chi connectivity index (χ3n) is 4.73. The van der Waals surface area contributed by atoms with Gasteiger partial charge in [0, 0.05) is 32.2 Å². The predicted molar refractivity (Wildman–Crippen MR) is 79.8 cm³/mol. The van der Waals surface area contributed by atoms with Gasteiger partial charge in [0.2, 0.25) is 10.0 Å². The van der Waals surface area contributed by atoms with Crippen LogP contribution in [0.2, 0.25) is 0 Å². The van der Waals surface area contributed by atoms with E-state index in [9.17, 15) is 8.42 Å². The van der Waals surface area contributed by atoms with Gasteiger partial charge in [-0.1, -0.05) is 12.5 Å². The first-order chi connectivity index (χ1) is 10.7. The van der Waals surface area contributed by atoms with E-state index in [1.807, 2.05) is 0 Å². The molecule has 1 aliphatic carbocycles. The molecule has 4 rings (SSSR count). The van der Waals surface area contributed by atoms with E-state index in [0.717, 1.165) is 13.1 Å². The van der Waals surface area contributed by atoms with Gasteiger partial charge in [-0.3, -0.25) is 4.90 Å². The molecule has 1 aromatic carbocycles. The molecule has 2 aromatic rings. The van der Waals surface area contributed by atoms with Crippen molar-refractivity contribution in [1.82, 2.24) is 19.5 Å². The minimum atomic E-state index is -3.55. The number of hydrogen-bond donors (Lipinski definition) is 0. The van der Waals surface area contributed by atoms with Crippen molar-refractivity contribution in [1.29, 1.82) is 0 Å². The van der Waals surface area contributed by atoms with Crippen LogP contribution < -0.4 is 0 Å². The van der Waals surface area contributed by atoms with Gasteiger partial charge in [0.25, 0.3) is 0 Å².